The Hall–Kier alpha value is -2.21. The number of hydrogen-bond acceptors (Lipinski definition) is 3. The molecule has 0 saturated carbocycles. The van der Waals surface area contributed by atoms with Crippen LogP contribution in [0.25, 0.3) is 11.4 Å². The van der Waals surface area contributed by atoms with Gasteiger partial charge in [-0.25, -0.2) is 9.97 Å². The van der Waals surface area contributed by atoms with Gasteiger partial charge in [0.25, 0.3) is 0 Å². The fraction of sp³-hybridized carbons (Fsp3) is 0.200. The Balaban J connectivity index is 2.52. The molecule has 0 saturated heterocycles. The van der Waals surface area contributed by atoms with E-state index in [2.05, 4.69) is 16.5 Å². The van der Waals surface area contributed by atoms with E-state index in [1.165, 1.54) is 30.6 Å². The van der Waals surface area contributed by atoms with Crippen LogP contribution in [0.1, 0.15) is 17.2 Å². The lowest BCUT2D eigenvalue weighted by molar-refractivity contribution is -0.206. The molecule has 2 aromatic rings. The van der Waals surface area contributed by atoms with Crippen LogP contribution in [0.3, 0.4) is 0 Å². The van der Waals surface area contributed by atoms with Crippen molar-refractivity contribution in [3.05, 3.63) is 60.4 Å². The minimum Gasteiger partial charge on any atom is -0.379 e. The number of allylic oxidation sites excluding steroid dienone is 1. The highest BCUT2D eigenvalue weighted by atomic mass is 19.4. The molecule has 0 aliphatic heterocycles. The Morgan fingerprint density at radius 3 is 2.48 bits per heavy atom. The van der Waals surface area contributed by atoms with Gasteiger partial charge in [-0.2, -0.15) is 13.2 Å². The van der Waals surface area contributed by atoms with E-state index in [4.69, 9.17) is 0 Å². The molecule has 1 aromatic carbocycles. The molecule has 0 fully saturated rings. The van der Waals surface area contributed by atoms with E-state index in [1.807, 2.05) is 0 Å². The van der Waals surface area contributed by atoms with Gasteiger partial charge < -0.3 is 5.11 Å². The first-order chi connectivity index (χ1) is 9.93. The molecule has 0 amide bonds. The molecule has 1 N–H and O–H groups in total. The molecule has 0 aliphatic carbocycles. The lowest BCUT2D eigenvalue weighted by Gasteiger charge is -2.17. The minimum atomic E-state index is -4.71. The van der Waals surface area contributed by atoms with Crippen molar-refractivity contribution in [1.82, 2.24) is 9.97 Å². The Labute approximate surface area is 119 Å². The number of aliphatic hydroxyl groups is 1. The first-order valence-electron chi connectivity index (χ1n) is 6.19. The van der Waals surface area contributed by atoms with E-state index in [0.29, 0.717) is 17.8 Å². The quantitative estimate of drug-likeness (QED) is 0.878. The number of nitrogens with zero attached hydrogens (tertiary/aromatic N) is 2. The normalized spacial score (nSPS) is 13.0. The predicted octanol–water partition coefficient (Wildman–Crippen LogP) is 3.47. The first-order valence-corrected chi connectivity index (χ1v) is 6.19. The molecule has 6 heteroatoms. The molecule has 21 heavy (non-hydrogen) atoms. The molecule has 0 radical (unpaired) electrons. The van der Waals surface area contributed by atoms with Gasteiger partial charge >= 0.3 is 6.18 Å². The third-order valence-corrected chi connectivity index (χ3v) is 2.93. The van der Waals surface area contributed by atoms with Crippen molar-refractivity contribution in [3.8, 4) is 11.4 Å². The van der Waals surface area contributed by atoms with E-state index >= 15 is 0 Å². The van der Waals surface area contributed by atoms with Crippen molar-refractivity contribution in [2.24, 2.45) is 0 Å². The van der Waals surface area contributed by atoms with E-state index in [-0.39, 0.29) is 5.56 Å². The van der Waals surface area contributed by atoms with Crippen LogP contribution < -0.4 is 0 Å². The summed E-state index contributed by atoms with van der Waals surface area (Å²) in [6, 6.07) is 5.67. The van der Waals surface area contributed by atoms with Crippen LogP contribution in [0.5, 0.6) is 0 Å². The zero-order chi connectivity index (χ0) is 15.5. The molecular weight excluding hydrogens is 281 g/mol. The fourth-order valence-corrected chi connectivity index (χ4v) is 1.93. The Morgan fingerprint density at radius 2 is 1.90 bits per heavy atom. The van der Waals surface area contributed by atoms with Gasteiger partial charge in [0.1, 0.15) is 0 Å². The van der Waals surface area contributed by atoms with E-state index in [9.17, 15) is 18.3 Å². The molecule has 1 unspecified atom stereocenters. The standard InChI is InChI=1S/C15H13F3N2O/c1-2-4-10-5-6-11(13(21)15(16,17)18)9-12(10)14-19-7-3-8-20-14/h2-3,5-9,13,21H,1,4H2. The average Bonchev–Trinajstić information content (AvgIpc) is 2.47. The number of hydrogen-bond donors (Lipinski definition) is 1. The van der Waals surface area contributed by atoms with Crippen molar-refractivity contribution < 1.29 is 18.3 Å². The molecule has 1 aromatic heterocycles. The predicted molar refractivity (Wildman–Crippen MR) is 72.4 cm³/mol. The van der Waals surface area contributed by atoms with Crippen molar-refractivity contribution in [2.45, 2.75) is 18.7 Å². The highest BCUT2D eigenvalue weighted by molar-refractivity contribution is 5.62. The number of alkyl halides is 3. The summed E-state index contributed by atoms with van der Waals surface area (Å²) in [5.74, 6) is 0.311. The number of aromatic nitrogens is 2. The molecule has 3 nitrogen and oxygen atoms in total. The van der Waals surface area contributed by atoms with Crippen molar-refractivity contribution in [3.63, 3.8) is 0 Å². The maximum atomic E-state index is 12.6. The zero-order valence-electron chi connectivity index (χ0n) is 11.0. The van der Waals surface area contributed by atoms with Gasteiger partial charge in [0, 0.05) is 18.0 Å². The smallest absolute Gasteiger partial charge is 0.379 e. The molecule has 0 aliphatic rings. The third-order valence-electron chi connectivity index (χ3n) is 2.93. The second-order valence-corrected chi connectivity index (χ2v) is 4.43. The maximum absolute atomic E-state index is 12.6. The van der Waals surface area contributed by atoms with Crippen LogP contribution in [0.15, 0.2) is 49.3 Å². The van der Waals surface area contributed by atoms with Crippen LogP contribution in [0.2, 0.25) is 0 Å². The Kier molecular flexibility index (Phi) is 4.37. The fourth-order valence-electron chi connectivity index (χ4n) is 1.93. The average molecular weight is 294 g/mol. The Morgan fingerprint density at radius 1 is 1.24 bits per heavy atom. The van der Waals surface area contributed by atoms with Crippen LogP contribution in [0.4, 0.5) is 13.2 Å². The SMILES string of the molecule is C=CCc1ccc(C(O)C(F)(F)F)cc1-c1ncccn1. The Bertz CT molecular complexity index is 627. The summed E-state index contributed by atoms with van der Waals surface area (Å²) < 4.78 is 37.9. The van der Waals surface area contributed by atoms with Gasteiger partial charge in [0.15, 0.2) is 11.9 Å². The van der Waals surface area contributed by atoms with E-state index in [1.54, 1.807) is 12.1 Å². The second-order valence-electron chi connectivity index (χ2n) is 4.43. The van der Waals surface area contributed by atoms with Crippen LogP contribution in [-0.2, 0) is 6.42 Å². The lowest BCUT2D eigenvalue weighted by Crippen LogP contribution is -2.20. The summed E-state index contributed by atoms with van der Waals surface area (Å²) in [6.45, 7) is 3.62. The van der Waals surface area contributed by atoms with Crippen molar-refractivity contribution >= 4 is 0 Å². The molecule has 1 heterocycles. The molecule has 110 valence electrons. The first kappa shape index (κ1) is 15.2. The summed E-state index contributed by atoms with van der Waals surface area (Å²) in [5.41, 5.74) is 0.961. The third kappa shape index (κ3) is 3.46. The van der Waals surface area contributed by atoms with Gasteiger partial charge in [-0.3, -0.25) is 0 Å². The van der Waals surface area contributed by atoms with Crippen LogP contribution in [0, 0.1) is 0 Å². The molecular formula is C15H13F3N2O. The summed E-state index contributed by atoms with van der Waals surface area (Å²) >= 11 is 0. The summed E-state index contributed by atoms with van der Waals surface area (Å²) in [4.78, 5) is 8.09. The topological polar surface area (TPSA) is 46.0 Å². The van der Waals surface area contributed by atoms with Gasteiger partial charge in [-0.1, -0.05) is 18.2 Å². The number of benzene rings is 1. The molecule has 2 rings (SSSR count). The van der Waals surface area contributed by atoms with Crippen LogP contribution >= 0.6 is 0 Å². The number of rotatable bonds is 4. The minimum absolute atomic E-state index is 0.238. The molecule has 0 bridgehead atoms. The summed E-state index contributed by atoms with van der Waals surface area (Å²) in [6.07, 6.45) is -2.12. The maximum Gasteiger partial charge on any atom is 0.418 e. The molecule has 1 atom stereocenters. The highest BCUT2D eigenvalue weighted by Gasteiger charge is 2.39. The van der Waals surface area contributed by atoms with Gasteiger partial charge in [-0.05, 0) is 29.7 Å². The molecule has 0 spiro atoms. The second kappa shape index (κ2) is 6.05. The highest BCUT2D eigenvalue weighted by Crippen LogP contribution is 2.34. The lowest BCUT2D eigenvalue weighted by atomic mass is 9.98. The number of halogens is 3. The number of aliphatic hydroxyl groups excluding tert-OH is 1. The largest absolute Gasteiger partial charge is 0.418 e. The zero-order valence-corrected chi connectivity index (χ0v) is 11.0. The van der Waals surface area contributed by atoms with Gasteiger partial charge in [0.05, 0.1) is 0 Å². The van der Waals surface area contributed by atoms with Crippen molar-refractivity contribution in [2.75, 3.05) is 0 Å². The summed E-state index contributed by atoms with van der Waals surface area (Å²) in [7, 11) is 0. The summed E-state index contributed by atoms with van der Waals surface area (Å²) in [5, 5.41) is 9.36. The van der Waals surface area contributed by atoms with Crippen LogP contribution in [-0.4, -0.2) is 21.3 Å². The van der Waals surface area contributed by atoms with E-state index < -0.39 is 12.3 Å². The van der Waals surface area contributed by atoms with Crippen molar-refractivity contribution in [1.29, 1.82) is 0 Å². The monoisotopic (exact) mass is 294 g/mol. The van der Waals surface area contributed by atoms with E-state index in [0.717, 1.165) is 5.56 Å². The van der Waals surface area contributed by atoms with Gasteiger partial charge in [-0.15, -0.1) is 6.58 Å². The van der Waals surface area contributed by atoms with Gasteiger partial charge in [0.2, 0.25) is 0 Å².